The molecule has 1 aromatic rings. The summed E-state index contributed by atoms with van der Waals surface area (Å²) in [7, 11) is 0. The molecule has 1 heterocycles. The lowest BCUT2D eigenvalue weighted by molar-refractivity contribution is 0.234. The van der Waals surface area contributed by atoms with Gasteiger partial charge < -0.3 is 11.1 Å². The highest BCUT2D eigenvalue weighted by Crippen LogP contribution is 2.33. The molecule has 90 valence electrons. The highest BCUT2D eigenvalue weighted by atomic mass is 16.2. The summed E-state index contributed by atoms with van der Waals surface area (Å²) < 4.78 is 0. The van der Waals surface area contributed by atoms with Gasteiger partial charge in [0, 0.05) is 17.9 Å². The van der Waals surface area contributed by atoms with Gasteiger partial charge in [0.15, 0.2) is 0 Å². The van der Waals surface area contributed by atoms with Crippen molar-refractivity contribution in [3.05, 3.63) is 24.3 Å². The van der Waals surface area contributed by atoms with Crippen LogP contribution in [-0.2, 0) is 0 Å². The number of nitrogens with two attached hydrogens (primary N) is 1. The number of benzene rings is 1. The summed E-state index contributed by atoms with van der Waals surface area (Å²) in [6, 6.07) is 7.81. The molecule has 1 aromatic carbocycles. The third-order valence-electron chi connectivity index (χ3n) is 3.86. The van der Waals surface area contributed by atoms with Crippen LogP contribution < -0.4 is 16.0 Å². The molecule has 4 heteroatoms. The Morgan fingerprint density at radius 3 is 2.53 bits per heavy atom. The van der Waals surface area contributed by atoms with Crippen molar-refractivity contribution in [2.75, 3.05) is 17.2 Å². The first-order valence-corrected chi connectivity index (χ1v) is 6.17. The van der Waals surface area contributed by atoms with Crippen LogP contribution in [0.3, 0.4) is 0 Å². The van der Waals surface area contributed by atoms with Crippen LogP contribution in [-0.4, -0.2) is 18.6 Å². The number of hydrogen-bond donors (Lipinski definition) is 2. The molecule has 1 aliphatic carbocycles. The first kappa shape index (κ1) is 10.4. The number of carbonyl (C=O) groups is 1. The molecule has 0 spiro atoms. The fraction of sp³-hybridized carbons (Fsp3) is 0.462. The molecule has 4 nitrogen and oxygen atoms in total. The molecule has 2 amide bonds. The highest BCUT2D eigenvalue weighted by molar-refractivity contribution is 5.94. The van der Waals surface area contributed by atoms with Gasteiger partial charge in [-0.05, 0) is 43.0 Å². The van der Waals surface area contributed by atoms with Crippen molar-refractivity contribution in [3.63, 3.8) is 0 Å². The normalized spacial score (nSPS) is 24.6. The first-order chi connectivity index (χ1) is 8.24. The summed E-state index contributed by atoms with van der Waals surface area (Å²) in [6.07, 6.45) is 3.81. The summed E-state index contributed by atoms with van der Waals surface area (Å²) in [6.45, 7) is 0.785. The van der Waals surface area contributed by atoms with Crippen molar-refractivity contribution in [3.8, 4) is 0 Å². The molecule has 0 bridgehead atoms. The molecular weight excluding hydrogens is 214 g/mol. The predicted octanol–water partition coefficient (Wildman–Crippen LogP) is 1.97. The molecule has 1 atom stereocenters. The first-order valence-electron chi connectivity index (χ1n) is 6.17. The monoisotopic (exact) mass is 231 g/mol. The number of amides is 2. The van der Waals surface area contributed by atoms with E-state index in [1.165, 1.54) is 19.3 Å². The Morgan fingerprint density at radius 1 is 1.24 bits per heavy atom. The maximum absolute atomic E-state index is 11.9. The van der Waals surface area contributed by atoms with Crippen LogP contribution in [0.25, 0.3) is 0 Å². The van der Waals surface area contributed by atoms with E-state index in [9.17, 15) is 4.79 Å². The molecule has 3 N–H and O–H groups in total. The summed E-state index contributed by atoms with van der Waals surface area (Å²) in [5, 5.41) is 3.07. The second-order valence-electron chi connectivity index (χ2n) is 4.95. The van der Waals surface area contributed by atoms with E-state index in [-0.39, 0.29) is 6.03 Å². The van der Waals surface area contributed by atoms with E-state index in [0.717, 1.165) is 17.9 Å². The lowest BCUT2D eigenvalue weighted by atomic mass is 9.80. The van der Waals surface area contributed by atoms with Crippen molar-refractivity contribution in [2.24, 2.45) is 5.92 Å². The van der Waals surface area contributed by atoms with E-state index < -0.39 is 0 Å². The van der Waals surface area contributed by atoms with Crippen LogP contribution in [0.15, 0.2) is 24.3 Å². The zero-order chi connectivity index (χ0) is 11.8. The van der Waals surface area contributed by atoms with Crippen LogP contribution in [0.1, 0.15) is 19.3 Å². The van der Waals surface area contributed by atoms with Crippen LogP contribution >= 0.6 is 0 Å². The minimum absolute atomic E-state index is 0.0201. The second kappa shape index (κ2) is 3.95. The van der Waals surface area contributed by atoms with E-state index >= 15 is 0 Å². The maximum Gasteiger partial charge on any atom is 0.322 e. The molecule has 1 unspecified atom stereocenters. The Bertz CT molecular complexity index is 425. The molecule has 0 radical (unpaired) electrons. The average molecular weight is 231 g/mol. The van der Waals surface area contributed by atoms with Gasteiger partial charge in [0.1, 0.15) is 0 Å². The van der Waals surface area contributed by atoms with Gasteiger partial charge in [0.25, 0.3) is 0 Å². The Balaban J connectivity index is 1.75. The summed E-state index contributed by atoms with van der Waals surface area (Å²) in [5.41, 5.74) is 7.30. The van der Waals surface area contributed by atoms with Crippen molar-refractivity contribution < 1.29 is 4.79 Å². The van der Waals surface area contributed by atoms with Gasteiger partial charge in [-0.25, -0.2) is 4.79 Å². The number of urea groups is 1. The van der Waals surface area contributed by atoms with Gasteiger partial charge >= 0.3 is 6.03 Å². The van der Waals surface area contributed by atoms with Crippen LogP contribution in [0, 0.1) is 5.92 Å². The zero-order valence-electron chi connectivity index (χ0n) is 9.73. The predicted molar refractivity (Wildman–Crippen MR) is 67.9 cm³/mol. The molecule has 0 aromatic heterocycles. The van der Waals surface area contributed by atoms with E-state index in [2.05, 4.69) is 5.32 Å². The Labute approximate surface area is 101 Å². The third-order valence-corrected chi connectivity index (χ3v) is 3.86. The molecular formula is C13H17N3O. The van der Waals surface area contributed by atoms with E-state index in [0.29, 0.717) is 12.0 Å². The van der Waals surface area contributed by atoms with Crippen LogP contribution in [0.5, 0.6) is 0 Å². The van der Waals surface area contributed by atoms with Crippen molar-refractivity contribution >= 4 is 17.4 Å². The molecule has 2 aliphatic rings. The minimum Gasteiger partial charge on any atom is -0.399 e. The summed E-state index contributed by atoms with van der Waals surface area (Å²) >= 11 is 0. The molecule has 3 rings (SSSR count). The van der Waals surface area contributed by atoms with Gasteiger partial charge in [-0.1, -0.05) is 6.42 Å². The molecule has 17 heavy (non-hydrogen) atoms. The van der Waals surface area contributed by atoms with E-state index in [1.54, 1.807) is 0 Å². The van der Waals surface area contributed by atoms with E-state index in [4.69, 9.17) is 5.73 Å². The fourth-order valence-corrected chi connectivity index (χ4v) is 2.55. The second-order valence-corrected chi connectivity index (χ2v) is 4.95. The van der Waals surface area contributed by atoms with Crippen molar-refractivity contribution in [2.45, 2.75) is 25.3 Å². The Morgan fingerprint density at radius 2 is 1.94 bits per heavy atom. The van der Waals surface area contributed by atoms with Gasteiger partial charge in [-0.2, -0.15) is 0 Å². The largest absolute Gasteiger partial charge is 0.399 e. The standard InChI is InChI=1S/C13H17N3O/c14-10-4-6-11(7-5-10)16-8-12(15-13(16)17)9-2-1-3-9/h4-7,9,12H,1-3,8,14H2,(H,15,17). The van der Waals surface area contributed by atoms with Gasteiger partial charge in [0.2, 0.25) is 0 Å². The minimum atomic E-state index is 0.0201. The number of carbonyl (C=O) groups excluding carboxylic acids is 1. The van der Waals surface area contributed by atoms with Crippen molar-refractivity contribution in [1.29, 1.82) is 0 Å². The van der Waals surface area contributed by atoms with Crippen LogP contribution in [0.2, 0.25) is 0 Å². The van der Waals surface area contributed by atoms with E-state index in [1.807, 2.05) is 29.2 Å². The van der Waals surface area contributed by atoms with Gasteiger partial charge in [-0.15, -0.1) is 0 Å². The quantitative estimate of drug-likeness (QED) is 0.764. The van der Waals surface area contributed by atoms with Crippen LogP contribution in [0.4, 0.5) is 16.2 Å². The summed E-state index contributed by atoms with van der Waals surface area (Å²) in [4.78, 5) is 13.7. The molecule has 2 fully saturated rings. The molecule has 1 aliphatic heterocycles. The number of anilines is 2. The highest BCUT2D eigenvalue weighted by Gasteiger charge is 2.37. The molecule has 1 saturated heterocycles. The fourth-order valence-electron chi connectivity index (χ4n) is 2.55. The Hall–Kier alpha value is -1.71. The summed E-state index contributed by atoms with van der Waals surface area (Å²) in [5.74, 6) is 0.678. The van der Waals surface area contributed by atoms with Gasteiger partial charge in [-0.3, -0.25) is 4.90 Å². The SMILES string of the molecule is Nc1ccc(N2CC(C3CCC3)NC2=O)cc1. The smallest absolute Gasteiger partial charge is 0.322 e. The average Bonchev–Trinajstić information content (AvgIpc) is 2.59. The van der Waals surface area contributed by atoms with Gasteiger partial charge in [0.05, 0.1) is 6.04 Å². The van der Waals surface area contributed by atoms with Crippen molar-refractivity contribution in [1.82, 2.24) is 5.32 Å². The number of hydrogen-bond acceptors (Lipinski definition) is 2. The maximum atomic E-state index is 11.9. The lowest BCUT2D eigenvalue weighted by Crippen LogP contribution is -2.37. The topological polar surface area (TPSA) is 58.4 Å². The number of nitrogen functional groups attached to an aromatic ring is 1. The Kier molecular flexibility index (Phi) is 2.42. The number of nitrogens with zero attached hydrogens (tertiary/aromatic N) is 1. The molecule has 1 saturated carbocycles. The number of nitrogens with one attached hydrogen (secondary N) is 1. The zero-order valence-corrected chi connectivity index (χ0v) is 9.73. The third kappa shape index (κ3) is 1.84. The lowest BCUT2D eigenvalue weighted by Gasteiger charge is -2.30. The number of rotatable bonds is 2.